The van der Waals surface area contributed by atoms with E-state index in [1.54, 1.807) is 25.2 Å². The van der Waals surface area contributed by atoms with Gasteiger partial charge < -0.3 is 15.4 Å². The van der Waals surface area contributed by atoms with Gasteiger partial charge in [-0.15, -0.1) is 0 Å². The van der Waals surface area contributed by atoms with Crippen LogP contribution in [0.15, 0.2) is 18.2 Å². The lowest BCUT2D eigenvalue weighted by Crippen LogP contribution is -2.35. The fraction of sp³-hybridized carbons (Fsp3) is 0.222. The quantitative estimate of drug-likeness (QED) is 0.592. The molecule has 0 spiro atoms. The first kappa shape index (κ1) is 7.91. The Kier molecular flexibility index (Phi) is 1.62. The van der Waals surface area contributed by atoms with Crippen LogP contribution in [-0.4, -0.2) is 19.6 Å². The maximum atomic E-state index is 11.2. The van der Waals surface area contributed by atoms with Gasteiger partial charge in [0.15, 0.2) is 6.61 Å². The largest absolute Gasteiger partial charge is 0.481 e. The molecule has 0 fully saturated rings. The van der Waals surface area contributed by atoms with Crippen LogP contribution in [0.4, 0.5) is 11.4 Å². The van der Waals surface area contributed by atoms with Crippen LogP contribution in [0.25, 0.3) is 0 Å². The highest BCUT2D eigenvalue weighted by Gasteiger charge is 2.21. The van der Waals surface area contributed by atoms with E-state index in [0.717, 1.165) is 5.69 Å². The second kappa shape index (κ2) is 2.65. The summed E-state index contributed by atoms with van der Waals surface area (Å²) in [6.45, 7) is 0.0625. The second-order valence-corrected chi connectivity index (χ2v) is 2.92. The lowest BCUT2D eigenvalue weighted by Gasteiger charge is -2.25. The maximum absolute atomic E-state index is 11.2. The highest BCUT2D eigenvalue weighted by molar-refractivity contribution is 5.97. The molecule has 4 heteroatoms. The van der Waals surface area contributed by atoms with Gasteiger partial charge in [-0.05, 0) is 12.1 Å². The van der Waals surface area contributed by atoms with Crippen molar-refractivity contribution in [2.75, 3.05) is 18.6 Å². The topological polar surface area (TPSA) is 53.3 Å². The minimum Gasteiger partial charge on any atom is -0.481 e. The number of nitrogens with one attached hydrogen (secondary N) is 1. The van der Waals surface area contributed by atoms with E-state index in [1.807, 2.05) is 0 Å². The number of anilines is 1. The first-order chi connectivity index (χ1) is 6.18. The molecule has 0 saturated heterocycles. The molecule has 1 radical (unpaired) electrons. The minimum absolute atomic E-state index is 0.0625. The van der Waals surface area contributed by atoms with E-state index in [0.29, 0.717) is 11.4 Å². The molecular weight excluding hydrogens is 168 g/mol. The van der Waals surface area contributed by atoms with Gasteiger partial charge in [0.1, 0.15) is 5.75 Å². The zero-order valence-electron chi connectivity index (χ0n) is 7.20. The van der Waals surface area contributed by atoms with E-state index in [9.17, 15) is 4.79 Å². The van der Waals surface area contributed by atoms with Crippen LogP contribution < -0.4 is 15.4 Å². The van der Waals surface area contributed by atoms with Crippen molar-refractivity contribution in [3.63, 3.8) is 0 Å². The first-order valence-electron chi connectivity index (χ1n) is 3.93. The molecule has 4 nitrogen and oxygen atoms in total. The van der Waals surface area contributed by atoms with Crippen molar-refractivity contribution in [2.45, 2.75) is 0 Å². The number of amides is 1. The van der Waals surface area contributed by atoms with Crippen molar-refractivity contribution in [2.24, 2.45) is 0 Å². The second-order valence-electron chi connectivity index (χ2n) is 2.92. The van der Waals surface area contributed by atoms with Crippen LogP contribution in [0.2, 0.25) is 0 Å². The molecule has 0 atom stereocenters. The van der Waals surface area contributed by atoms with Gasteiger partial charge in [-0.3, -0.25) is 4.79 Å². The Bertz CT molecular complexity index is 363. The molecule has 0 aromatic heterocycles. The zero-order valence-corrected chi connectivity index (χ0v) is 7.20. The monoisotopic (exact) mass is 177 g/mol. The third-order valence-electron chi connectivity index (χ3n) is 2.05. The van der Waals surface area contributed by atoms with Gasteiger partial charge in [0.2, 0.25) is 0 Å². The van der Waals surface area contributed by atoms with E-state index in [-0.39, 0.29) is 12.5 Å². The van der Waals surface area contributed by atoms with E-state index >= 15 is 0 Å². The van der Waals surface area contributed by atoms with Crippen molar-refractivity contribution >= 4 is 17.3 Å². The van der Waals surface area contributed by atoms with E-state index < -0.39 is 0 Å². The van der Waals surface area contributed by atoms with Gasteiger partial charge >= 0.3 is 0 Å². The number of hydrogen-bond donors (Lipinski definition) is 0. The molecule has 1 aliphatic rings. The number of benzene rings is 1. The smallest absolute Gasteiger partial charge is 0.264 e. The van der Waals surface area contributed by atoms with Crippen LogP contribution in [-0.2, 0) is 4.79 Å². The van der Waals surface area contributed by atoms with Crippen LogP contribution in [0.1, 0.15) is 0 Å². The molecular formula is C9H9N2O2. The standard InChI is InChI=1S/C9H9N2O2/c1-11-7-3-2-6(10)4-8(7)13-5-9(11)12/h2-4,10H,5H2,1H3. The zero-order chi connectivity index (χ0) is 9.42. The summed E-state index contributed by atoms with van der Waals surface area (Å²) in [4.78, 5) is 12.7. The summed E-state index contributed by atoms with van der Waals surface area (Å²) < 4.78 is 5.18. The lowest BCUT2D eigenvalue weighted by atomic mass is 10.2. The molecule has 67 valence electrons. The first-order valence-corrected chi connectivity index (χ1v) is 3.93. The average molecular weight is 177 g/mol. The molecule has 13 heavy (non-hydrogen) atoms. The van der Waals surface area contributed by atoms with E-state index in [1.165, 1.54) is 4.90 Å². The summed E-state index contributed by atoms with van der Waals surface area (Å²) >= 11 is 0. The van der Waals surface area contributed by atoms with Crippen molar-refractivity contribution in [1.29, 1.82) is 0 Å². The summed E-state index contributed by atoms with van der Waals surface area (Å²) in [7, 11) is 1.70. The third-order valence-corrected chi connectivity index (χ3v) is 2.05. The summed E-state index contributed by atoms with van der Waals surface area (Å²) in [5, 5.41) is 0. The average Bonchev–Trinajstić information content (AvgIpc) is 2.12. The SMILES string of the molecule is CN1C(=O)COc2cc([NH])ccc21. The van der Waals surface area contributed by atoms with Crippen molar-refractivity contribution in [1.82, 2.24) is 5.73 Å². The van der Waals surface area contributed by atoms with Gasteiger partial charge in [0, 0.05) is 13.1 Å². The predicted octanol–water partition coefficient (Wildman–Crippen LogP) is 0.956. The Morgan fingerprint density at radius 2 is 2.31 bits per heavy atom. The van der Waals surface area contributed by atoms with Gasteiger partial charge in [-0.1, -0.05) is 0 Å². The number of fused-ring (bicyclic) bond motifs is 1. The van der Waals surface area contributed by atoms with Crippen LogP contribution in [0.3, 0.4) is 0 Å². The molecule has 0 bridgehead atoms. The predicted molar refractivity (Wildman–Crippen MR) is 48.1 cm³/mol. The maximum Gasteiger partial charge on any atom is 0.264 e. The Morgan fingerprint density at radius 3 is 3.08 bits per heavy atom. The molecule has 0 unspecified atom stereocenters. The molecule has 0 saturated carbocycles. The fourth-order valence-corrected chi connectivity index (χ4v) is 1.28. The van der Waals surface area contributed by atoms with Crippen LogP contribution >= 0.6 is 0 Å². The molecule has 1 heterocycles. The van der Waals surface area contributed by atoms with Gasteiger partial charge in [0.05, 0.1) is 11.4 Å². The molecule has 1 aromatic rings. The van der Waals surface area contributed by atoms with Crippen LogP contribution in [0.5, 0.6) is 5.75 Å². The molecule has 0 aliphatic carbocycles. The highest BCUT2D eigenvalue weighted by atomic mass is 16.5. The Balaban J connectivity index is 2.49. The lowest BCUT2D eigenvalue weighted by molar-refractivity contribution is -0.120. The summed E-state index contributed by atoms with van der Waals surface area (Å²) in [6, 6.07) is 4.96. The summed E-state index contributed by atoms with van der Waals surface area (Å²) in [5.74, 6) is 0.542. The highest BCUT2D eigenvalue weighted by Crippen LogP contribution is 2.32. The number of likely N-dealkylation sites (N-methyl/N-ethyl adjacent to an activating group) is 1. The van der Waals surface area contributed by atoms with Gasteiger partial charge in [0.25, 0.3) is 5.91 Å². The Morgan fingerprint density at radius 1 is 1.54 bits per heavy atom. The fourth-order valence-electron chi connectivity index (χ4n) is 1.28. The minimum atomic E-state index is -0.0646. The number of carbonyl (C=O) groups is 1. The number of rotatable bonds is 0. The number of carbonyl (C=O) groups excluding carboxylic acids is 1. The normalized spacial score (nSPS) is 15.2. The summed E-state index contributed by atoms with van der Waals surface area (Å²) in [6.07, 6.45) is 0. The molecule has 1 aromatic carbocycles. The number of hydrogen-bond acceptors (Lipinski definition) is 2. The van der Waals surface area contributed by atoms with Crippen LogP contribution in [0, 0.1) is 0 Å². The van der Waals surface area contributed by atoms with E-state index in [2.05, 4.69) is 0 Å². The number of ether oxygens (including phenoxy) is 1. The van der Waals surface area contributed by atoms with Crippen molar-refractivity contribution < 1.29 is 9.53 Å². The molecule has 2 rings (SSSR count). The molecule has 1 aliphatic heterocycles. The number of nitrogens with zero attached hydrogens (tertiary/aromatic N) is 1. The molecule has 1 amide bonds. The van der Waals surface area contributed by atoms with Crippen molar-refractivity contribution in [3.8, 4) is 5.75 Å². The van der Waals surface area contributed by atoms with Gasteiger partial charge in [-0.25, -0.2) is 0 Å². The van der Waals surface area contributed by atoms with Gasteiger partial charge in [-0.2, -0.15) is 0 Å². The van der Waals surface area contributed by atoms with Crippen molar-refractivity contribution in [3.05, 3.63) is 18.2 Å². The Hall–Kier alpha value is -1.71. The third kappa shape index (κ3) is 1.20. The molecule has 1 N–H and O–H groups in total. The summed E-state index contributed by atoms with van der Waals surface area (Å²) in [5.41, 5.74) is 8.49. The Labute approximate surface area is 75.9 Å². The van der Waals surface area contributed by atoms with E-state index in [4.69, 9.17) is 10.5 Å².